The number of halogens is 1. The first-order valence-corrected chi connectivity index (χ1v) is 9.89. The minimum atomic E-state index is -0.366. The molecule has 0 aliphatic carbocycles. The van der Waals surface area contributed by atoms with Gasteiger partial charge in [-0.25, -0.2) is 4.99 Å². The molecule has 8 heteroatoms. The smallest absolute Gasteiger partial charge is 0.306 e. The van der Waals surface area contributed by atoms with Crippen molar-refractivity contribution in [3.63, 3.8) is 0 Å². The highest BCUT2D eigenvalue weighted by molar-refractivity contribution is 9.10. The van der Waals surface area contributed by atoms with Crippen LogP contribution in [-0.2, 0) is 4.79 Å². The first-order chi connectivity index (χ1) is 13.5. The van der Waals surface area contributed by atoms with Gasteiger partial charge >= 0.3 is 4.87 Å². The molecule has 4 rings (SSSR count). The highest BCUT2D eigenvalue weighted by atomic mass is 79.9. The number of H-pyrrole nitrogens is 1. The van der Waals surface area contributed by atoms with Gasteiger partial charge in [-0.05, 0) is 42.5 Å². The van der Waals surface area contributed by atoms with Crippen LogP contribution in [0, 0.1) is 0 Å². The van der Waals surface area contributed by atoms with Crippen molar-refractivity contribution in [1.29, 1.82) is 0 Å². The molecule has 0 atom stereocenters. The van der Waals surface area contributed by atoms with Gasteiger partial charge in [-0.15, -0.1) is 0 Å². The molecule has 1 aliphatic heterocycles. The number of carbonyl (C=O) groups excluding carboxylic acids is 1. The van der Waals surface area contributed by atoms with Crippen LogP contribution in [0.25, 0.3) is 12.2 Å². The molecule has 3 aromatic rings. The number of aromatic nitrogens is 1. The van der Waals surface area contributed by atoms with Crippen molar-refractivity contribution in [1.82, 2.24) is 4.98 Å². The lowest BCUT2D eigenvalue weighted by molar-refractivity contribution is -0.114. The van der Waals surface area contributed by atoms with Crippen LogP contribution in [0.1, 0.15) is 4.88 Å². The molecule has 0 saturated heterocycles. The molecule has 0 spiro atoms. The average Bonchev–Trinajstić information content (AvgIpc) is 3.00. The van der Waals surface area contributed by atoms with Gasteiger partial charge in [-0.3, -0.25) is 14.6 Å². The van der Waals surface area contributed by atoms with Crippen LogP contribution in [0.4, 0.5) is 11.5 Å². The zero-order valence-corrected chi connectivity index (χ0v) is 17.1. The lowest BCUT2D eigenvalue weighted by Gasteiger charge is -2.07. The maximum atomic E-state index is 12.5. The number of carbonyl (C=O) groups is 1. The predicted octanol–water partition coefficient (Wildman–Crippen LogP) is 2.98. The fourth-order valence-corrected chi connectivity index (χ4v) is 3.90. The van der Waals surface area contributed by atoms with Crippen LogP contribution in [0.15, 0.2) is 62.3 Å². The number of rotatable bonds is 4. The van der Waals surface area contributed by atoms with E-state index in [0.29, 0.717) is 27.4 Å². The number of nitrogens with zero attached hydrogens (tertiary/aromatic N) is 1. The van der Waals surface area contributed by atoms with Crippen molar-refractivity contribution < 1.29 is 9.53 Å². The Morgan fingerprint density at radius 2 is 2.07 bits per heavy atom. The molecule has 0 unspecified atom stereocenters. The standard InChI is InChI=1S/C20H14BrN3O3S/c1-27-15-6-5-11-7-12(19(25)23-16(11)10-15)8-17-18(24-20(26)28-17)22-14-4-2-3-13(21)9-14/h2-10,22H,1H3,(H,24,26)/b12-8-. The largest absolute Gasteiger partial charge is 0.497 e. The third kappa shape index (κ3) is 3.83. The molecule has 0 fully saturated rings. The number of benzene rings is 2. The van der Waals surface area contributed by atoms with Crippen molar-refractivity contribution in [2.75, 3.05) is 12.4 Å². The van der Waals surface area contributed by atoms with E-state index in [1.54, 1.807) is 25.3 Å². The summed E-state index contributed by atoms with van der Waals surface area (Å²) >= 11 is 4.45. The fourth-order valence-electron chi connectivity index (χ4n) is 2.76. The summed E-state index contributed by atoms with van der Waals surface area (Å²) in [6.07, 6.45) is 3.43. The Labute approximate surface area is 172 Å². The Morgan fingerprint density at radius 1 is 1.21 bits per heavy atom. The number of amides is 1. The molecule has 0 saturated carbocycles. The van der Waals surface area contributed by atoms with Gasteiger partial charge in [0.05, 0.1) is 17.3 Å². The van der Waals surface area contributed by atoms with Gasteiger partial charge in [0.2, 0.25) is 0 Å². The van der Waals surface area contributed by atoms with Crippen LogP contribution < -0.4 is 25.5 Å². The van der Waals surface area contributed by atoms with Gasteiger partial charge in [0.25, 0.3) is 5.91 Å². The van der Waals surface area contributed by atoms with Crippen LogP contribution in [-0.4, -0.2) is 18.0 Å². The van der Waals surface area contributed by atoms with E-state index in [0.717, 1.165) is 26.7 Å². The Balaban J connectivity index is 1.74. The first kappa shape index (κ1) is 18.4. The summed E-state index contributed by atoms with van der Waals surface area (Å²) in [7, 11) is 1.56. The molecule has 2 N–H and O–H groups in total. The van der Waals surface area contributed by atoms with Gasteiger partial charge in [-0.1, -0.05) is 33.3 Å². The molecule has 28 heavy (non-hydrogen) atoms. The van der Waals surface area contributed by atoms with Crippen LogP contribution in [0.5, 0.6) is 5.75 Å². The molecule has 2 heterocycles. The third-order valence-corrected chi connectivity index (χ3v) is 5.40. The molecule has 140 valence electrons. The number of aromatic amines is 1. The molecule has 2 aromatic carbocycles. The number of thiazole rings is 1. The van der Waals surface area contributed by atoms with Gasteiger partial charge in [0, 0.05) is 27.0 Å². The number of hydrogen-bond donors (Lipinski definition) is 2. The van der Waals surface area contributed by atoms with Crippen molar-refractivity contribution >= 4 is 56.8 Å². The number of hydrogen-bond acceptors (Lipinski definition) is 5. The van der Waals surface area contributed by atoms with E-state index < -0.39 is 0 Å². The Morgan fingerprint density at radius 3 is 2.86 bits per heavy atom. The van der Waals surface area contributed by atoms with E-state index in [9.17, 15) is 9.59 Å². The van der Waals surface area contributed by atoms with Crippen molar-refractivity contribution in [3.05, 3.63) is 77.6 Å². The summed E-state index contributed by atoms with van der Waals surface area (Å²) in [6, 6.07) is 12.9. The van der Waals surface area contributed by atoms with Crippen molar-refractivity contribution in [3.8, 4) is 5.75 Å². The summed E-state index contributed by atoms with van der Waals surface area (Å²) < 4.78 is 6.09. The summed E-state index contributed by atoms with van der Waals surface area (Å²) in [5.74, 6) is 0.804. The van der Waals surface area contributed by atoms with Crippen molar-refractivity contribution in [2.45, 2.75) is 0 Å². The molecule has 0 radical (unpaired) electrons. The monoisotopic (exact) mass is 455 g/mol. The minimum Gasteiger partial charge on any atom is -0.497 e. The molecular weight excluding hydrogens is 442 g/mol. The van der Waals surface area contributed by atoms with E-state index >= 15 is 0 Å². The maximum absolute atomic E-state index is 12.5. The van der Waals surface area contributed by atoms with E-state index in [4.69, 9.17) is 4.74 Å². The molecule has 0 bridgehead atoms. The number of nitrogens with one attached hydrogen (secondary N) is 2. The topological polar surface area (TPSA) is 83.5 Å². The predicted molar refractivity (Wildman–Crippen MR) is 114 cm³/mol. The van der Waals surface area contributed by atoms with E-state index in [2.05, 4.69) is 31.2 Å². The number of methoxy groups -OCH3 is 1. The summed E-state index contributed by atoms with van der Waals surface area (Å²) in [5.41, 5.74) is 1.22. The second-order valence-corrected chi connectivity index (χ2v) is 7.91. The second-order valence-electron chi connectivity index (χ2n) is 5.97. The van der Waals surface area contributed by atoms with E-state index in [-0.39, 0.29) is 10.8 Å². The lowest BCUT2D eigenvalue weighted by atomic mass is 10.1. The fraction of sp³-hybridized carbons (Fsp3) is 0.0500. The Bertz CT molecular complexity index is 1290. The number of anilines is 2. The van der Waals surface area contributed by atoms with Gasteiger partial charge in [0.15, 0.2) is 0 Å². The normalized spacial score (nSPS) is 14.2. The zero-order valence-electron chi connectivity index (χ0n) is 14.7. The van der Waals surface area contributed by atoms with Gasteiger partial charge in [-0.2, -0.15) is 0 Å². The highest BCUT2D eigenvalue weighted by Crippen LogP contribution is 2.25. The van der Waals surface area contributed by atoms with Gasteiger partial charge in [0.1, 0.15) is 11.6 Å². The summed E-state index contributed by atoms with van der Waals surface area (Å²) in [4.78, 5) is 31.7. The lowest BCUT2D eigenvalue weighted by Crippen LogP contribution is -2.30. The first-order valence-electron chi connectivity index (χ1n) is 8.28. The number of fused-ring (bicyclic) bond motifs is 1. The maximum Gasteiger partial charge on any atom is 0.306 e. The zero-order chi connectivity index (χ0) is 19.7. The molecule has 1 aliphatic rings. The highest BCUT2D eigenvalue weighted by Gasteiger charge is 2.14. The summed E-state index contributed by atoms with van der Waals surface area (Å²) in [5, 5.41) is 4.56. The summed E-state index contributed by atoms with van der Waals surface area (Å²) in [6.45, 7) is 0. The molecular formula is C20H14BrN3O3S. The molecule has 6 nitrogen and oxygen atoms in total. The molecule has 1 aromatic heterocycles. The van der Waals surface area contributed by atoms with Crippen LogP contribution in [0.3, 0.4) is 0 Å². The second kappa shape index (κ2) is 7.57. The minimum absolute atomic E-state index is 0.213. The van der Waals surface area contributed by atoms with Gasteiger partial charge < -0.3 is 10.1 Å². The Hall–Kier alpha value is -2.97. The third-order valence-electron chi connectivity index (χ3n) is 4.07. The van der Waals surface area contributed by atoms with E-state index in [1.807, 2.05) is 36.4 Å². The van der Waals surface area contributed by atoms with Crippen LogP contribution in [0.2, 0.25) is 0 Å². The van der Waals surface area contributed by atoms with E-state index in [1.165, 1.54) is 0 Å². The van der Waals surface area contributed by atoms with Crippen LogP contribution >= 0.6 is 27.3 Å². The SMILES string of the molecule is COc1ccc2c(c1)=NC(=O)/C(=C\c1sc(=O)[nH]c1Nc1cccc(Br)c1)C=2. The Kier molecular flexibility index (Phi) is 4.97. The average molecular weight is 456 g/mol. The number of ether oxygens (including phenoxy) is 1. The quantitative estimate of drug-likeness (QED) is 0.592. The van der Waals surface area contributed by atoms with Crippen molar-refractivity contribution in [2.24, 2.45) is 4.99 Å². The molecule has 1 amide bonds.